The Morgan fingerprint density at radius 1 is 1.03 bits per heavy atom. The molecular weight excluding hydrogens is 390 g/mol. The average molecular weight is 415 g/mol. The molecule has 1 amide bonds. The molecule has 4 aromatic rings. The van der Waals surface area contributed by atoms with Crippen molar-refractivity contribution in [2.45, 2.75) is 27.7 Å². The number of fused-ring (bicyclic) bond motifs is 1. The van der Waals surface area contributed by atoms with E-state index in [-0.39, 0.29) is 6.61 Å². The van der Waals surface area contributed by atoms with Crippen LogP contribution in [0.25, 0.3) is 17.0 Å². The summed E-state index contributed by atoms with van der Waals surface area (Å²) in [6.45, 7) is 7.90. The number of aromatic nitrogens is 3. The van der Waals surface area contributed by atoms with Crippen molar-refractivity contribution in [1.82, 2.24) is 14.4 Å². The van der Waals surface area contributed by atoms with Crippen molar-refractivity contribution < 1.29 is 9.53 Å². The lowest BCUT2D eigenvalue weighted by Crippen LogP contribution is -2.20. The molecular formula is C24H25N5O2. The molecule has 4 rings (SSSR count). The van der Waals surface area contributed by atoms with Crippen molar-refractivity contribution in [3.8, 4) is 17.0 Å². The predicted molar refractivity (Wildman–Crippen MR) is 122 cm³/mol. The van der Waals surface area contributed by atoms with Gasteiger partial charge in [0.1, 0.15) is 17.3 Å². The number of hydrogen-bond donors (Lipinski definition) is 2. The van der Waals surface area contributed by atoms with E-state index in [0.717, 1.165) is 39.6 Å². The Hall–Kier alpha value is -3.87. The van der Waals surface area contributed by atoms with E-state index in [0.29, 0.717) is 17.2 Å². The van der Waals surface area contributed by atoms with Gasteiger partial charge in [-0.1, -0.05) is 30.3 Å². The maximum Gasteiger partial charge on any atom is 0.255 e. The molecule has 0 saturated carbocycles. The van der Waals surface area contributed by atoms with Gasteiger partial charge in [0, 0.05) is 22.6 Å². The van der Waals surface area contributed by atoms with Crippen molar-refractivity contribution in [1.29, 1.82) is 0 Å². The van der Waals surface area contributed by atoms with Crippen molar-refractivity contribution in [2.24, 2.45) is 5.73 Å². The Kier molecular flexibility index (Phi) is 5.33. The number of nitrogens with zero attached hydrogens (tertiary/aromatic N) is 3. The molecule has 7 nitrogen and oxygen atoms in total. The Bertz CT molecular complexity index is 1270. The highest BCUT2D eigenvalue weighted by Gasteiger charge is 2.21. The maximum absolute atomic E-state index is 11.3. The third kappa shape index (κ3) is 3.94. The quantitative estimate of drug-likeness (QED) is 0.491. The number of imidazole rings is 1. The summed E-state index contributed by atoms with van der Waals surface area (Å²) < 4.78 is 7.68. The third-order valence-corrected chi connectivity index (χ3v) is 5.14. The number of carbonyl (C=O) groups is 1. The van der Waals surface area contributed by atoms with Crippen LogP contribution in [0.15, 0.2) is 48.5 Å². The van der Waals surface area contributed by atoms with Crippen LogP contribution in [0.2, 0.25) is 0 Å². The lowest BCUT2D eigenvalue weighted by atomic mass is 10.1. The van der Waals surface area contributed by atoms with Gasteiger partial charge in [-0.2, -0.15) is 0 Å². The number of para-hydroxylation sites is 2. The molecule has 0 aliphatic rings. The number of primary amides is 1. The van der Waals surface area contributed by atoms with E-state index >= 15 is 0 Å². The monoisotopic (exact) mass is 415 g/mol. The molecule has 158 valence electrons. The fourth-order valence-corrected chi connectivity index (χ4v) is 3.74. The molecule has 2 aromatic heterocycles. The number of rotatable bonds is 6. The molecule has 0 spiro atoms. The molecule has 0 aliphatic heterocycles. The van der Waals surface area contributed by atoms with E-state index in [9.17, 15) is 4.79 Å². The van der Waals surface area contributed by atoms with E-state index < -0.39 is 5.91 Å². The molecule has 7 heteroatoms. The predicted octanol–water partition coefficient (Wildman–Crippen LogP) is 4.24. The summed E-state index contributed by atoms with van der Waals surface area (Å²) in [7, 11) is 0. The lowest BCUT2D eigenvalue weighted by Gasteiger charge is -2.16. The Morgan fingerprint density at radius 2 is 1.74 bits per heavy atom. The number of nitrogens with one attached hydrogen (secondary N) is 1. The molecule has 0 unspecified atom stereocenters. The van der Waals surface area contributed by atoms with E-state index in [4.69, 9.17) is 15.5 Å². The Balaban J connectivity index is 1.95. The van der Waals surface area contributed by atoms with E-state index in [1.165, 1.54) is 0 Å². The summed E-state index contributed by atoms with van der Waals surface area (Å²) >= 11 is 0. The van der Waals surface area contributed by atoms with Crippen LogP contribution in [0.1, 0.15) is 22.5 Å². The third-order valence-electron chi connectivity index (χ3n) is 5.14. The minimum Gasteiger partial charge on any atom is -0.483 e. The first-order chi connectivity index (χ1) is 14.8. The average Bonchev–Trinajstić information content (AvgIpc) is 3.07. The summed E-state index contributed by atoms with van der Waals surface area (Å²) in [5, 5.41) is 3.60. The summed E-state index contributed by atoms with van der Waals surface area (Å²) in [4.78, 5) is 20.8. The van der Waals surface area contributed by atoms with Gasteiger partial charge in [-0.25, -0.2) is 9.97 Å². The van der Waals surface area contributed by atoms with E-state index in [2.05, 4.69) is 36.3 Å². The van der Waals surface area contributed by atoms with Gasteiger partial charge in [-0.15, -0.1) is 0 Å². The van der Waals surface area contributed by atoms with Crippen LogP contribution in [0.5, 0.6) is 5.75 Å². The number of carbonyl (C=O) groups excluding carboxylic acids is 1. The van der Waals surface area contributed by atoms with Gasteiger partial charge in [0.15, 0.2) is 6.61 Å². The molecule has 0 aliphatic carbocycles. The fraction of sp³-hybridized carbons (Fsp3) is 0.208. The molecule has 0 saturated heterocycles. The van der Waals surface area contributed by atoms with Crippen molar-refractivity contribution in [3.63, 3.8) is 0 Å². The summed E-state index contributed by atoms with van der Waals surface area (Å²) in [6.07, 6.45) is 0. The number of anilines is 2. The number of ether oxygens (including phenoxy) is 1. The number of amides is 1. The first kappa shape index (κ1) is 20.4. The molecule has 0 bridgehead atoms. The number of nitrogens with two attached hydrogens (primary N) is 1. The SMILES string of the molecule is Cc1cc(C)n2c(Nc3c(C)cccc3C)c(-c3ccccc3OCC(N)=O)nc2n1. The zero-order valence-electron chi connectivity index (χ0n) is 18.1. The van der Waals surface area contributed by atoms with Crippen LogP contribution in [-0.2, 0) is 4.79 Å². The number of benzene rings is 2. The highest BCUT2D eigenvalue weighted by Crippen LogP contribution is 2.38. The van der Waals surface area contributed by atoms with Gasteiger partial charge >= 0.3 is 0 Å². The summed E-state index contributed by atoms with van der Waals surface area (Å²) in [5.74, 6) is 1.37. The molecule has 0 radical (unpaired) electrons. The van der Waals surface area contributed by atoms with Crippen LogP contribution in [0.3, 0.4) is 0 Å². The highest BCUT2D eigenvalue weighted by molar-refractivity contribution is 5.84. The van der Waals surface area contributed by atoms with Gasteiger partial charge in [0.25, 0.3) is 5.91 Å². The van der Waals surface area contributed by atoms with E-state index in [1.54, 1.807) is 6.07 Å². The van der Waals surface area contributed by atoms with Crippen LogP contribution in [0.4, 0.5) is 11.5 Å². The standard InChI is InChI=1S/C24H25N5O2/c1-14-8-7-9-15(2)21(14)27-23-22(28-24-26-16(3)12-17(4)29(23)24)18-10-5-6-11-19(18)31-13-20(25)30/h5-12,27H,13H2,1-4H3,(H2,25,30). The topological polar surface area (TPSA) is 94.5 Å². The van der Waals surface area contributed by atoms with Gasteiger partial charge in [0.05, 0.1) is 0 Å². The zero-order valence-corrected chi connectivity index (χ0v) is 18.1. The zero-order chi connectivity index (χ0) is 22.1. The van der Waals surface area contributed by atoms with Crippen LogP contribution in [0, 0.1) is 27.7 Å². The molecule has 3 N–H and O–H groups in total. The minimum atomic E-state index is -0.535. The summed E-state index contributed by atoms with van der Waals surface area (Å²) in [5.41, 5.74) is 11.9. The largest absolute Gasteiger partial charge is 0.483 e. The molecule has 31 heavy (non-hydrogen) atoms. The van der Waals surface area contributed by atoms with Gasteiger partial charge in [0.2, 0.25) is 5.78 Å². The lowest BCUT2D eigenvalue weighted by molar-refractivity contribution is -0.119. The molecule has 2 heterocycles. The van der Waals surface area contributed by atoms with E-state index in [1.807, 2.05) is 48.6 Å². The van der Waals surface area contributed by atoms with Gasteiger partial charge in [-0.05, 0) is 57.0 Å². The first-order valence-electron chi connectivity index (χ1n) is 10.1. The van der Waals surface area contributed by atoms with Gasteiger partial charge < -0.3 is 15.8 Å². The van der Waals surface area contributed by atoms with Crippen molar-refractivity contribution in [3.05, 3.63) is 71.0 Å². The molecule has 0 atom stereocenters. The second-order valence-electron chi connectivity index (χ2n) is 7.63. The van der Waals surface area contributed by atoms with Gasteiger partial charge in [-0.3, -0.25) is 9.20 Å². The number of aryl methyl sites for hydroxylation is 4. The normalized spacial score (nSPS) is 11.0. The van der Waals surface area contributed by atoms with Crippen molar-refractivity contribution in [2.75, 3.05) is 11.9 Å². The Labute approximate surface area is 180 Å². The summed E-state index contributed by atoms with van der Waals surface area (Å²) in [6, 6.07) is 15.7. The minimum absolute atomic E-state index is 0.208. The second-order valence-corrected chi connectivity index (χ2v) is 7.63. The maximum atomic E-state index is 11.3. The van der Waals surface area contributed by atoms with Crippen molar-refractivity contribution >= 4 is 23.2 Å². The Morgan fingerprint density at radius 3 is 2.45 bits per heavy atom. The molecule has 2 aromatic carbocycles. The first-order valence-corrected chi connectivity index (χ1v) is 10.1. The van der Waals surface area contributed by atoms with Crippen LogP contribution < -0.4 is 15.8 Å². The highest BCUT2D eigenvalue weighted by atomic mass is 16.5. The smallest absolute Gasteiger partial charge is 0.255 e. The fourth-order valence-electron chi connectivity index (χ4n) is 3.74. The number of hydrogen-bond acceptors (Lipinski definition) is 5. The second kappa shape index (κ2) is 8.10. The molecule has 0 fully saturated rings. The van der Waals surface area contributed by atoms with Crippen LogP contribution >= 0.6 is 0 Å². The van der Waals surface area contributed by atoms with Crippen LogP contribution in [-0.4, -0.2) is 26.9 Å².